The minimum absolute atomic E-state index is 0.163. The Labute approximate surface area is 108 Å². The van der Waals surface area contributed by atoms with Gasteiger partial charge in [0.1, 0.15) is 0 Å². The highest BCUT2D eigenvalue weighted by atomic mass is 19.3. The van der Waals surface area contributed by atoms with Crippen molar-refractivity contribution < 1.29 is 8.78 Å². The molecule has 1 aliphatic rings. The van der Waals surface area contributed by atoms with E-state index in [0.717, 1.165) is 31.4 Å². The van der Waals surface area contributed by atoms with Crippen molar-refractivity contribution in [3.05, 3.63) is 35.4 Å². The van der Waals surface area contributed by atoms with E-state index in [1.54, 1.807) is 12.1 Å². The van der Waals surface area contributed by atoms with E-state index in [4.69, 9.17) is 0 Å². The molecule has 0 saturated carbocycles. The van der Waals surface area contributed by atoms with Crippen molar-refractivity contribution in [3.8, 4) is 0 Å². The monoisotopic (exact) mass is 253 g/mol. The summed E-state index contributed by atoms with van der Waals surface area (Å²) in [7, 11) is 0. The predicted molar refractivity (Wildman–Crippen MR) is 69.9 cm³/mol. The van der Waals surface area contributed by atoms with Crippen molar-refractivity contribution in [2.24, 2.45) is 5.92 Å². The summed E-state index contributed by atoms with van der Waals surface area (Å²) in [5.74, 6) is -3.28. The van der Waals surface area contributed by atoms with Gasteiger partial charge in [-0.15, -0.1) is 0 Å². The Morgan fingerprint density at radius 2 is 2.00 bits per heavy atom. The minimum atomic E-state index is -2.71. The first kappa shape index (κ1) is 13.5. The van der Waals surface area contributed by atoms with Gasteiger partial charge in [0.15, 0.2) is 0 Å². The Balaban J connectivity index is 2.12. The van der Waals surface area contributed by atoms with Gasteiger partial charge >= 0.3 is 0 Å². The lowest BCUT2D eigenvalue weighted by molar-refractivity contribution is -0.0724. The molecule has 0 bridgehead atoms. The zero-order chi connectivity index (χ0) is 13.0. The van der Waals surface area contributed by atoms with Gasteiger partial charge in [0, 0.05) is 18.0 Å². The van der Waals surface area contributed by atoms with Crippen molar-refractivity contribution in [3.63, 3.8) is 0 Å². The number of hydrogen-bond donors (Lipinski definition) is 1. The fourth-order valence-electron chi connectivity index (χ4n) is 2.58. The Kier molecular flexibility index (Phi) is 4.33. The molecule has 1 N–H and O–H groups in total. The van der Waals surface area contributed by atoms with Crippen LogP contribution in [0, 0.1) is 5.92 Å². The largest absolute Gasteiger partial charge is 0.316 e. The van der Waals surface area contributed by atoms with E-state index >= 15 is 0 Å². The first-order valence-corrected chi connectivity index (χ1v) is 6.82. The lowest BCUT2D eigenvalue weighted by Crippen LogP contribution is -2.39. The summed E-state index contributed by atoms with van der Waals surface area (Å²) in [5, 5.41) is 3.06. The quantitative estimate of drug-likeness (QED) is 0.862. The highest BCUT2D eigenvalue weighted by molar-refractivity contribution is 5.26. The predicted octanol–water partition coefficient (Wildman–Crippen LogP) is 3.73. The molecule has 1 aliphatic heterocycles. The van der Waals surface area contributed by atoms with Crippen LogP contribution in [0.2, 0.25) is 0 Å². The van der Waals surface area contributed by atoms with E-state index in [9.17, 15) is 8.78 Å². The molecule has 18 heavy (non-hydrogen) atoms. The molecular formula is C15H21F2N. The second-order valence-corrected chi connectivity index (χ2v) is 5.11. The first-order chi connectivity index (χ1) is 8.64. The molecule has 0 amide bonds. The van der Waals surface area contributed by atoms with Gasteiger partial charge in [0.2, 0.25) is 0 Å². The molecule has 1 saturated heterocycles. The molecule has 0 spiro atoms. The van der Waals surface area contributed by atoms with E-state index in [-0.39, 0.29) is 5.56 Å². The van der Waals surface area contributed by atoms with Crippen LogP contribution in [0.5, 0.6) is 0 Å². The van der Waals surface area contributed by atoms with Gasteiger partial charge in [-0.3, -0.25) is 0 Å². The summed E-state index contributed by atoms with van der Waals surface area (Å²) >= 11 is 0. The van der Waals surface area contributed by atoms with Crippen LogP contribution in [0.1, 0.15) is 37.3 Å². The molecule has 1 unspecified atom stereocenters. The topological polar surface area (TPSA) is 12.0 Å². The lowest BCUT2D eigenvalue weighted by atomic mass is 9.88. The number of benzene rings is 1. The molecule has 0 aromatic heterocycles. The van der Waals surface area contributed by atoms with Crippen LogP contribution < -0.4 is 5.32 Å². The van der Waals surface area contributed by atoms with Gasteiger partial charge in [-0.05, 0) is 31.4 Å². The maximum atomic E-state index is 14.3. The Morgan fingerprint density at radius 3 is 2.56 bits per heavy atom. The van der Waals surface area contributed by atoms with Gasteiger partial charge < -0.3 is 5.32 Å². The molecule has 1 aromatic carbocycles. The van der Waals surface area contributed by atoms with Crippen LogP contribution >= 0.6 is 0 Å². The van der Waals surface area contributed by atoms with E-state index in [0.29, 0.717) is 13.0 Å². The van der Waals surface area contributed by atoms with Crippen molar-refractivity contribution in [1.29, 1.82) is 0 Å². The van der Waals surface area contributed by atoms with Gasteiger partial charge in [0.05, 0.1) is 0 Å². The summed E-state index contributed by atoms with van der Waals surface area (Å²) in [6.07, 6.45) is 3.45. The molecular weight excluding hydrogens is 232 g/mol. The molecule has 1 atom stereocenters. The van der Waals surface area contributed by atoms with Gasteiger partial charge in [0.25, 0.3) is 5.92 Å². The molecule has 0 radical (unpaired) electrons. The first-order valence-electron chi connectivity index (χ1n) is 6.82. The average Bonchev–Trinajstić information content (AvgIpc) is 2.41. The highest BCUT2D eigenvalue weighted by Crippen LogP contribution is 2.39. The van der Waals surface area contributed by atoms with Gasteiger partial charge in [-0.1, -0.05) is 37.6 Å². The number of rotatable bonds is 4. The molecule has 3 heteroatoms. The van der Waals surface area contributed by atoms with Gasteiger partial charge in [-0.2, -0.15) is 0 Å². The average molecular weight is 253 g/mol. The molecule has 1 heterocycles. The fourth-order valence-corrected chi connectivity index (χ4v) is 2.58. The van der Waals surface area contributed by atoms with E-state index < -0.39 is 11.8 Å². The summed E-state index contributed by atoms with van der Waals surface area (Å²) in [4.78, 5) is 0. The third-order valence-corrected chi connectivity index (χ3v) is 3.69. The zero-order valence-corrected chi connectivity index (χ0v) is 10.9. The molecule has 1 aromatic rings. The number of aryl methyl sites for hydroxylation is 1. The summed E-state index contributed by atoms with van der Waals surface area (Å²) < 4.78 is 28.6. The fraction of sp³-hybridized carbons (Fsp3) is 0.600. The van der Waals surface area contributed by atoms with E-state index in [1.807, 2.05) is 12.1 Å². The second-order valence-electron chi connectivity index (χ2n) is 5.11. The lowest BCUT2D eigenvalue weighted by Gasteiger charge is -2.30. The standard InChI is InChI=1S/C15H21F2N/c1-2-4-12-6-8-13(9-7-12)15(16,17)14-5-3-10-18-11-14/h6-9,14,18H,2-5,10-11H2,1H3. The summed E-state index contributed by atoms with van der Waals surface area (Å²) in [6.45, 7) is 3.38. The Hall–Kier alpha value is -0.960. The molecule has 1 nitrogen and oxygen atoms in total. The van der Waals surface area contributed by atoms with Crippen LogP contribution in [-0.2, 0) is 12.3 Å². The van der Waals surface area contributed by atoms with Gasteiger partial charge in [-0.25, -0.2) is 8.78 Å². The summed E-state index contributed by atoms with van der Waals surface area (Å²) in [5.41, 5.74) is 1.30. The third kappa shape index (κ3) is 2.89. The normalized spacial score (nSPS) is 20.9. The Morgan fingerprint density at radius 1 is 1.28 bits per heavy atom. The van der Waals surface area contributed by atoms with E-state index in [2.05, 4.69) is 12.2 Å². The number of alkyl halides is 2. The van der Waals surface area contributed by atoms with Crippen LogP contribution in [0.4, 0.5) is 8.78 Å². The van der Waals surface area contributed by atoms with E-state index in [1.165, 1.54) is 0 Å². The zero-order valence-electron chi connectivity index (χ0n) is 10.9. The van der Waals surface area contributed by atoms with Crippen LogP contribution in [0.25, 0.3) is 0 Å². The number of halogens is 2. The molecule has 100 valence electrons. The Bertz CT molecular complexity index is 367. The second kappa shape index (κ2) is 5.79. The number of nitrogens with one attached hydrogen (secondary N) is 1. The molecule has 2 rings (SSSR count). The number of hydrogen-bond acceptors (Lipinski definition) is 1. The third-order valence-electron chi connectivity index (χ3n) is 3.69. The maximum Gasteiger partial charge on any atom is 0.277 e. The SMILES string of the molecule is CCCc1ccc(C(F)(F)C2CCCNC2)cc1. The minimum Gasteiger partial charge on any atom is -0.316 e. The highest BCUT2D eigenvalue weighted by Gasteiger charge is 2.41. The molecule has 1 fully saturated rings. The smallest absolute Gasteiger partial charge is 0.277 e. The van der Waals surface area contributed by atoms with Crippen LogP contribution in [0.3, 0.4) is 0 Å². The van der Waals surface area contributed by atoms with Crippen LogP contribution in [-0.4, -0.2) is 13.1 Å². The van der Waals surface area contributed by atoms with Crippen molar-refractivity contribution in [2.45, 2.75) is 38.5 Å². The van der Waals surface area contributed by atoms with Crippen LogP contribution in [0.15, 0.2) is 24.3 Å². The maximum absolute atomic E-state index is 14.3. The van der Waals surface area contributed by atoms with Crippen molar-refractivity contribution in [1.82, 2.24) is 5.32 Å². The van der Waals surface area contributed by atoms with Crippen molar-refractivity contribution >= 4 is 0 Å². The summed E-state index contributed by atoms with van der Waals surface area (Å²) in [6, 6.07) is 6.87. The number of piperidine rings is 1. The molecule has 0 aliphatic carbocycles. The van der Waals surface area contributed by atoms with Crippen molar-refractivity contribution in [2.75, 3.05) is 13.1 Å².